The van der Waals surface area contributed by atoms with Gasteiger partial charge in [-0.3, -0.25) is 4.79 Å². The molecule has 140 valence electrons. The van der Waals surface area contributed by atoms with Crippen LogP contribution in [0.1, 0.15) is 30.1 Å². The van der Waals surface area contributed by atoms with Crippen LogP contribution in [0.4, 0.5) is 0 Å². The van der Waals surface area contributed by atoms with Gasteiger partial charge in [0.15, 0.2) is 16.7 Å². The predicted octanol–water partition coefficient (Wildman–Crippen LogP) is 3.92. The molecule has 0 saturated carbocycles. The van der Waals surface area contributed by atoms with Gasteiger partial charge >= 0.3 is 0 Å². The number of hydrogen-bond donors (Lipinski definition) is 0. The van der Waals surface area contributed by atoms with E-state index in [9.17, 15) is 4.79 Å². The summed E-state index contributed by atoms with van der Waals surface area (Å²) in [6.45, 7) is 1.67. The number of amides is 1. The van der Waals surface area contributed by atoms with Crippen LogP contribution in [0.25, 0.3) is 11.6 Å². The maximum absolute atomic E-state index is 13.3. The van der Waals surface area contributed by atoms with E-state index in [4.69, 9.17) is 4.42 Å². The first-order valence-electron chi connectivity index (χ1n) is 9.17. The summed E-state index contributed by atoms with van der Waals surface area (Å²) in [6.07, 6.45) is 4.96. The third-order valence-corrected chi connectivity index (χ3v) is 6.07. The molecule has 3 heterocycles. The van der Waals surface area contributed by atoms with Crippen LogP contribution in [0.3, 0.4) is 0 Å². The summed E-state index contributed by atoms with van der Waals surface area (Å²) in [6, 6.07) is 13.6. The van der Waals surface area contributed by atoms with Crippen molar-refractivity contribution in [3.8, 4) is 11.6 Å². The van der Waals surface area contributed by atoms with Crippen molar-refractivity contribution >= 4 is 17.7 Å². The third-order valence-electron chi connectivity index (χ3n) is 4.79. The summed E-state index contributed by atoms with van der Waals surface area (Å²) in [5.74, 6) is 1.46. The minimum absolute atomic E-state index is 0.147. The zero-order chi connectivity index (χ0) is 18.6. The first-order chi connectivity index (χ1) is 13.2. The number of nitrogens with zero attached hydrogens (tertiary/aromatic N) is 4. The van der Waals surface area contributed by atoms with E-state index < -0.39 is 0 Å². The number of carbonyl (C=O) groups excluding carboxylic acids is 1. The van der Waals surface area contributed by atoms with Gasteiger partial charge in [-0.1, -0.05) is 42.1 Å². The van der Waals surface area contributed by atoms with Crippen LogP contribution in [0.5, 0.6) is 0 Å². The Morgan fingerprint density at radius 2 is 1.85 bits per heavy atom. The van der Waals surface area contributed by atoms with Gasteiger partial charge in [-0.2, -0.15) is 0 Å². The lowest BCUT2D eigenvalue weighted by Crippen LogP contribution is -2.38. The molecule has 0 bridgehead atoms. The molecule has 3 aromatic rings. The zero-order valence-corrected chi connectivity index (χ0v) is 16.1. The van der Waals surface area contributed by atoms with Crippen molar-refractivity contribution in [2.75, 3.05) is 13.1 Å². The Balaban J connectivity index is 1.63. The number of furan rings is 1. The van der Waals surface area contributed by atoms with Crippen molar-refractivity contribution in [3.63, 3.8) is 0 Å². The van der Waals surface area contributed by atoms with Gasteiger partial charge in [-0.25, -0.2) is 0 Å². The smallest absolute Gasteiger partial charge is 0.240 e. The van der Waals surface area contributed by atoms with Gasteiger partial charge in [-0.15, -0.1) is 10.2 Å². The summed E-state index contributed by atoms with van der Waals surface area (Å²) in [7, 11) is 1.90. The highest BCUT2D eigenvalue weighted by Crippen LogP contribution is 2.37. The van der Waals surface area contributed by atoms with Gasteiger partial charge in [-0.05, 0) is 37.0 Å². The van der Waals surface area contributed by atoms with Gasteiger partial charge < -0.3 is 13.9 Å². The second kappa shape index (κ2) is 8.00. The monoisotopic (exact) mass is 382 g/mol. The Morgan fingerprint density at radius 1 is 1.07 bits per heavy atom. The van der Waals surface area contributed by atoms with Crippen molar-refractivity contribution in [1.29, 1.82) is 0 Å². The minimum Gasteiger partial charge on any atom is -0.461 e. The number of rotatable bonds is 5. The summed E-state index contributed by atoms with van der Waals surface area (Å²) < 4.78 is 7.32. The second-order valence-electron chi connectivity index (χ2n) is 6.64. The van der Waals surface area contributed by atoms with Crippen molar-refractivity contribution in [1.82, 2.24) is 19.7 Å². The SMILES string of the molecule is Cn1c(S[C@H](C(=O)N2CCCCC2)c2ccccc2)nnc1-c1ccco1. The molecule has 1 aliphatic heterocycles. The standard InChI is InChI=1S/C20H22N4O2S/c1-23-18(16-11-8-14-26-16)21-22-20(23)27-17(15-9-4-2-5-10-15)19(25)24-12-6-3-7-13-24/h2,4-5,8-11,14,17H,3,6-7,12-13H2,1H3/t17-/m0/s1. The van der Waals surface area contributed by atoms with Crippen molar-refractivity contribution < 1.29 is 9.21 Å². The summed E-state index contributed by atoms with van der Waals surface area (Å²) in [4.78, 5) is 15.3. The minimum atomic E-state index is -0.336. The molecule has 27 heavy (non-hydrogen) atoms. The van der Waals surface area contributed by atoms with E-state index in [0.717, 1.165) is 31.5 Å². The van der Waals surface area contributed by atoms with E-state index in [0.29, 0.717) is 16.7 Å². The average molecular weight is 382 g/mol. The molecule has 1 saturated heterocycles. The van der Waals surface area contributed by atoms with Gasteiger partial charge in [0.05, 0.1) is 6.26 Å². The summed E-state index contributed by atoms with van der Waals surface area (Å²) >= 11 is 1.44. The number of aromatic nitrogens is 3. The lowest BCUT2D eigenvalue weighted by Gasteiger charge is -2.30. The van der Waals surface area contributed by atoms with Crippen LogP contribution in [0.2, 0.25) is 0 Å². The average Bonchev–Trinajstić information content (AvgIpc) is 3.37. The topological polar surface area (TPSA) is 64.2 Å². The number of carbonyl (C=O) groups is 1. The van der Waals surface area contributed by atoms with E-state index in [2.05, 4.69) is 10.2 Å². The molecule has 0 radical (unpaired) electrons. The number of thioether (sulfide) groups is 1. The van der Waals surface area contributed by atoms with Crippen LogP contribution < -0.4 is 0 Å². The molecular formula is C20H22N4O2S. The highest BCUT2D eigenvalue weighted by molar-refractivity contribution is 8.00. The van der Waals surface area contributed by atoms with E-state index in [1.807, 2.05) is 59.0 Å². The fraction of sp³-hybridized carbons (Fsp3) is 0.350. The highest BCUT2D eigenvalue weighted by atomic mass is 32.2. The first-order valence-corrected chi connectivity index (χ1v) is 10.1. The van der Waals surface area contributed by atoms with E-state index in [-0.39, 0.29) is 11.2 Å². The lowest BCUT2D eigenvalue weighted by molar-refractivity contribution is -0.131. The predicted molar refractivity (Wildman–Crippen MR) is 104 cm³/mol. The van der Waals surface area contributed by atoms with Crippen LogP contribution in [0, 0.1) is 0 Å². The molecule has 6 nitrogen and oxygen atoms in total. The molecule has 0 aliphatic carbocycles. The molecule has 1 aromatic carbocycles. The van der Waals surface area contributed by atoms with Gasteiger partial charge in [0.2, 0.25) is 5.91 Å². The number of hydrogen-bond acceptors (Lipinski definition) is 5. The normalized spacial score (nSPS) is 15.7. The zero-order valence-electron chi connectivity index (χ0n) is 15.2. The summed E-state index contributed by atoms with van der Waals surface area (Å²) in [5.41, 5.74) is 0.987. The fourth-order valence-corrected chi connectivity index (χ4v) is 4.40. The third kappa shape index (κ3) is 3.78. The van der Waals surface area contributed by atoms with Crippen LogP contribution in [0.15, 0.2) is 58.3 Å². The van der Waals surface area contributed by atoms with Crippen molar-refractivity contribution in [2.45, 2.75) is 29.7 Å². The molecule has 7 heteroatoms. The Morgan fingerprint density at radius 3 is 2.56 bits per heavy atom. The number of likely N-dealkylation sites (tertiary alicyclic amines) is 1. The highest BCUT2D eigenvalue weighted by Gasteiger charge is 2.30. The van der Waals surface area contributed by atoms with E-state index in [1.54, 1.807) is 6.26 Å². The molecule has 2 aromatic heterocycles. The number of piperidine rings is 1. The Labute approximate surface area is 162 Å². The molecular weight excluding hydrogens is 360 g/mol. The first kappa shape index (κ1) is 17.9. The Bertz CT molecular complexity index is 886. The molecule has 1 aliphatic rings. The van der Waals surface area contributed by atoms with Crippen LogP contribution in [-0.2, 0) is 11.8 Å². The molecule has 1 fully saturated rings. The maximum atomic E-state index is 13.3. The molecule has 0 spiro atoms. The van der Waals surface area contributed by atoms with Gasteiger partial charge in [0, 0.05) is 20.1 Å². The fourth-order valence-electron chi connectivity index (χ4n) is 3.31. The lowest BCUT2D eigenvalue weighted by atomic mass is 10.1. The second-order valence-corrected chi connectivity index (χ2v) is 7.71. The number of benzene rings is 1. The quantitative estimate of drug-likeness (QED) is 0.626. The Kier molecular flexibility index (Phi) is 5.29. The molecule has 0 N–H and O–H groups in total. The molecule has 1 amide bonds. The Hall–Kier alpha value is -2.54. The van der Waals surface area contributed by atoms with E-state index >= 15 is 0 Å². The van der Waals surface area contributed by atoms with Gasteiger partial charge in [0.25, 0.3) is 0 Å². The summed E-state index contributed by atoms with van der Waals surface area (Å²) in [5, 5.41) is 8.92. The molecule has 4 rings (SSSR count). The molecule has 1 atom stereocenters. The maximum Gasteiger partial charge on any atom is 0.240 e. The van der Waals surface area contributed by atoms with Gasteiger partial charge in [0.1, 0.15) is 5.25 Å². The van der Waals surface area contributed by atoms with E-state index in [1.165, 1.54) is 18.2 Å². The van der Waals surface area contributed by atoms with Crippen molar-refractivity contribution in [3.05, 3.63) is 54.3 Å². The van der Waals surface area contributed by atoms with Crippen molar-refractivity contribution in [2.24, 2.45) is 7.05 Å². The van der Waals surface area contributed by atoms with Crippen LogP contribution >= 0.6 is 11.8 Å². The molecule has 0 unspecified atom stereocenters. The van der Waals surface area contributed by atoms with Crippen LogP contribution in [-0.4, -0.2) is 38.7 Å². The largest absolute Gasteiger partial charge is 0.461 e.